The molecule has 0 aromatic heterocycles. The standard InChI is InChI=1S/C12H19N/c1-5-8-12(6-2,10-13)9-7-11(3)4/h5,7H,1,6,8-9H2,2-4H3. The highest BCUT2D eigenvalue weighted by atomic mass is 14.4. The van der Waals surface area contributed by atoms with Crippen LogP contribution >= 0.6 is 0 Å². The van der Waals surface area contributed by atoms with Gasteiger partial charge in [-0.3, -0.25) is 0 Å². The van der Waals surface area contributed by atoms with Crippen LogP contribution in [-0.2, 0) is 0 Å². The predicted molar refractivity (Wildman–Crippen MR) is 57.2 cm³/mol. The number of hydrogen-bond donors (Lipinski definition) is 0. The fourth-order valence-corrected chi connectivity index (χ4v) is 1.22. The van der Waals surface area contributed by atoms with Crippen molar-refractivity contribution in [3.8, 4) is 6.07 Å². The molecular formula is C12H19N. The summed E-state index contributed by atoms with van der Waals surface area (Å²) in [5.41, 5.74) is 1.05. The van der Waals surface area contributed by atoms with E-state index in [0.717, 1.165) is 19.3 Å². The van der Waals surface area contributed by atoms with Crippen LogP contribution in [0.25, 0.3) is 0 Å². The molecule has 0 radical (unpaired) electrons. The van der Waals surface area contributed by atoms with Crippen molar-refractivity contribution in [1.29, 1.82) is 5.26 Å². The van der Waals surface area contributed by atoms with Crippen LogP contribution in [0.2, 0.25) is 0 Å². The summed E-state index contributed by atoms with van der Waals surface area (Å²) in [5, 5.41) is 9.09. The Balaban J connectivity index is 4.50. The van der Waals surface area contributed by atoms with Gasteiger partial charge in [-0.05, 0) is 33.1 Å². The molecule has 0 aliphatic heterocycles. The molecule has 0 bridgehead atoms. The van der Waals surface area contributed by atoms with Crippen molar-refractivity contribution >= 4 is 0 Å². The summed E-state index contributed by atoms with van der Waals surface area (Å²) in [6.07, 6.45) is 6.49. The van der Waals surface area contributed by atoms with E-state index in [2.05, 4.69) is 39.5 Å². The molecule has 72 valence electrons. The number of nitriles is 1. The van der Waals surface area contributed by atoms with Crippen molar-refractivity contribution < 1.29 is 0 Å². The van der Waals surface area contributed by atoms with E-state index in [0.29, 0.717) is 0 Å². The minimum atomic E-state index is -0.223. The average molecular weight is 177 g/mol. The highest BCUT2D eigenvalue weighted by Crippen LogP contribution is 2.31. The molecule has 0 aromatic carbocycles. The Labute approximate surface area is 81.8 Å². The summed E-state index contributed by atoms with van der Waals surface area (Å²) >= 11 is 0. The van der Waals surface area contributed by atoms with Crippen LogP contribution < -0.4 is 0 Å². The first kappa shape index (κ1) is 12.0. The molecule has 0 aliphatic rings. The topological polar surface area (TPSA) is 23.8 Å². The molecule has 1 unspecified atom stereocenters. The van der Waals surface area contributed by atoms with E-state index in [-0.39, 0.29) is 5.41 Å². The molecule has 0 fully saturated rings. The van der Waals surface area contributed by atoms with Gasteiger partial charge >= 0.3 is 0 Å². The normalized spacial score (nSPS) is 14.0. The molecule has 0 heterocycles. The van der Waals surface area contributed by atoms with Gasteiger partial charge in [0.2, 0.25) is 0 Å². The van der Waals surface area contributed by atoms with E-state index in [1.54, 1.807) is 0 Å². The van der Waals surface area contributed by atoms with E-state index in [1.165, 1.54) is 5.57 Å². The Morgan fingerprint density at radius 3 is 2.38 bits per heavy atom. The zero-order chi connectivity index (χ0) is 10.3. The van der Waals surface area contributed by atoms with Gasteiger partial charge in [0.15, 0.2) is 0 Å². The molecule has 0 aromatic rings. The third-order valence-corrected chi connectivity index (χ3v) is 2.35. The van der Waals surface area contributed by atoms with Crippen molar-refractivity contribution in [2.75, 3.05) is 0 Å². The van der Waals surface area contributed by atoms with E-state index in [4.69, 9.17) is 5.26 Å². The first-order valence-electron chi connectivity index (χ1n) is 4.75. The number of allylic oxidation sites excluding steroid dienone is 3. The second-order valence-electron chi connectivity index (χ2n) is 3.72. The molecule has 0 N–H and O–H groups in total. The fourth-order valence-electron chi connectivity index (χ4n) is 1.22. The predicted octanol–water partition coefficient (Wildman–Crippen LogP) is 3.84. The van der Waals surface area contributed by atoms with Gasteiger partial charge in [0, 0.05) is 0 Å². The third kappa shape index (κ3) is 3.94. The quantitative estimate of drug-likeness (QED) is 0.585. The van der Waals surface area contributed by atoms with E-state index in [1.807, 2.05) is 6.08 Å². The van der Waals surface area contributed by atoms with Crippen LogP contribution in [0.15, 0.2) is 24.3 Å². The Kier molecular flexibility index (Phi) is 5.14. The molecule has 13 heavy (non-hydrogen) atoms. The van der Waals surface area contributed by atoms with Crippen molar-refractivity contribution in [1.82, 2.24) is 0 Å². The van der Waals surface area contributed by atoms with Crippen LogP contribution in [0.3, 0.4) is 0 Å². The summed E-state index contributed by atoms with van der Waals surface area (Å²) in [6, 6.07) is 2.41. The Bertz CT molecular complexity index is 228. The lowest BCUT2D eigenvalue weighted by molar-refractivity contribution is 0.390. The lowest BCUT2D eigenvalue weighted by Gasteiger charge is -2.21. The molecule has 0 aliphatic carbocycles. The van der Waals surface area contributed by atoms with Crippen molar-refractivity contribution in [2.24, 2.45) is 5.41 Å². The van der Waals surface area contributed by atoms with Crippen molar-refractivity contribution in [3.05, 3.63) is 24.3 Å². The summed E-state index contributed by atoms with van der Waals surface area (Å²) < 4.78 is 0. The van der Waals surface area contributed by atoms with Crippen LogP contribution in [0.5, 0.6) is 0 Å². The second kappa shape index (κ2) is 5.59. The van der Waals surface area contributed by atoms with Gasteiger partial charge in [-0.2, -0.15) is 5.26 Å². The maximum absolute atomic E-state index is 9.09. The lowest BCUT2D eigenvalue weighted by atomic mass is 9.80. The van der Waals surface area contributed by atoms with Gasteiger partial charge in [0.25, 0.3) is 0 Å². The maximum atomic E-state index is 9.09. The maximum Gasteiger partial charge on any atom is 0.0696 e. The minimum Gasteiger partial charge on any atom is -0.198 e. The smallest absolute Gasteiger partial charge is 0.0696 e. The molecular weight excluding hydrogens is 158 g/mol. The summed E-state index contributed by atoms with van der Waals surface area (Å²) in [5.74, 6) is 0. The highest BCUT2D eigenvalue weighted by molar-refractivity contribution is 5.08. The Morgan fingerprint density at radius 2 is 2.08 bits per heavy atom. The van der Waals surface area contributed by atoms with Crippen LogP contribution in [0.4, 0.5) is 0 Å². The van der Waals surface area contributed by atoms with Gasteiger partial charge in [-0.25, -0.2) is 0 Å². The van der Waals surface area contributed by atoms with Crippen LogP contribution in [-0.4, -0.2) is 0 Å². The summed E-state index contributed by atoms with van der Waals surface area (Å²) in [7, 11) is 0. The Hall–Kier alpha value is -1.03. The largest absolute Gasteiger partial charge is 0.198 e. The number of nitrogens with zero attached hydrogens (tertiary/aromatic N) is 1. The van der Waals surface area contributed by atoms with E-state index < -0.39 is 0 Å². The lowest BCUT2D eigenvalue weighted by Crippen LogP contribution is -2.15. The van der Waals surface area contributed by atoms with E-state index >= 15 is 0 Å². The first-order chi connectivity index (χ1) is 6.10. The Morgan fingerprint density at radius 1 is 1.46 bits per heavy atom. The summed E-state index contributed by atoms with van der Waals surface area (Å²) in [6.45, 7) is 9.88. The van der Waals surface area contributed by atoms with Gasteiger partial charge in [-0.15, -0.1) is 6.58 Å². The third-order valence-electron chi connectivity index (χ3n) is 2.35. The van der Waals surface area contributed by atoms with Gasteiger partial charge in [0.05, 0.1) is 11.5 Å². The zero-order valence-corrected chi connectivity index (χ0v) is 8.93. The van der Waals surface area contributed by atoms with E-state index in [9.17, 15) is 0 Å². The molecule has 1 heteroatoms. The van der Waals surface area contributed by atoms with Gasteiger partial charge in [0.1, 0.15) is 0 Å². The zero-order valence-electron chi connectivity index (χ0n) is 8.93. The number of rotatable bonds is 5. The van der Waals surface area contributed by atoms with Gasteiger partial charge in [-0.1, -0.05) is 24.6 Å². The summed E-state index contributed by atoms with van der Waals surface area (Å²) in [4.78, 5) is 0. The first-order valence-corrected chi connectivity index (χ1v) is 4.75. The molecule has 0 spiro atoms. The monoisotopic (exact) mass is 177 g/mol. The van der Waals surface area contributed by atoms with Crippen LogP contribution in [0, 0.1) is 16.7 Å². The fraction of sp³-hybridized carbons (Fsp3) is 0.583. The van der Waals surface area contributed by atoms with Crippen molar-refractivity contribution in [3.63, 3.8) is 0 Å². The highest BCUT2D eigenvalue weighted by Gasteiger charge is 2.24. The van der Waals surface area contributed by atoms with Gasteiger partial charge < -0.3 is 0 Å². The average Bonchev–Trinajstić information content (AvgIpc) is 2.12. The molecule has 0 saturated carbocycles. The van der Waals surface area contributed by atoms with Crippen LogP contribution in [0.1, 0.15) is 40.0 Å². The molecule has 0 amide bonds. The molecule has 0 saturated heterocycles. The minimum absolute atomic E-state index is 0.223. The number of hydrogen-bond acceptors (Lipinski definition) is 1. The SMILES string of the molecule is C=CCC(C#N)(CC)CC=C(C)C. The molecule has 1 nitrogen and oxygen atoms in total. The molecule has 0 rings (SSSR count). The van der Waals surface area contributed by atoms with Crippen molar-refractivity contribution in [2.45, 2.75) is 40.0 Å². The second-order valence-corrected chi connectivity index (χ2v) is 3.72. The molecule has 1 atom stereocenters.